The maximum atomic E-state index is 9.63. The molecule has 53 heavy (non-hydrogen) atoms. The Morgan fingerprint density at radius 2 is 1.58 bits per heavy atom. The van der Waals surface area contributed by atoms with Gasteiger partial charge in [0.25, 0.3) is 0 Å². The summed E-state index contributed by atoms with van der Waals surface area (Å²) in [5.74, 6) is 1.90. The van der Waals surface area contributed by atoms with Gasteiger partial charge in [-0.3, -0.25) is 4.98 Å². The summed E-state index contributed by atoms with van der Waals surface area (Å²) in [5, 5.41) is 16.6. The van der Waals surface area contributed by atoms with Crippen LogP contribution in [0.1, 0.15) is 82.8 Å². The zero-order valence-electron chi connectivity index (χ0n) is 32.2. The smallest absolute Gasteiger partial charge is 0.119 e. The van der Waals surface area contributed by atoms with Crippen molar-refractivity contribution < 1.29 is 14.2 Å². The van der Waals surface area contributed by atoms with Crippen LogP contribution in [-0.4, -0.2) is 99.1 Å². The van der Waals surface area contributed by atoms with Gasteiger partial charge in [-0.1, -0.05) is 24.3 Å². The SMILES string of the molecule is CC(C)N1CCC(Oc2ccc(C3(CNc4cccnc4)CCOCC3)cc2)CC1.N#CC1(c2ccc(OCCCN3CCCC3)cc2)CCNCC1. The van der Waals surface area contributed by atoms with Crippen molar-refractivity contribution >= 4 is 5.69 Å². The zero-order chi connectivity index (χ0) is 36.8. The Kier molecular flexibility index (Phi) is 14.4. The van der Waals surface area contributed by atoms with E-state index in [0.717, 1.165) is 127 Å². The summed E-state index contributed by atoms with van der Waals surface area (Å²) in [4.78, 5) is 9.27. The van der Waals surface area contributed by atoms with Crippen molar-refractivity contribution in [2.45, 2.75) is 94.6 Å². The van der Waals surface area contributed by atoms with Crippen LogP contribution in [0.2, 0.25) is 0 Å². The third-order valence-corrected chi connectivity index (χ3v) is 11.9. The van der Waals surface area contributed by atoms with Crippen LogP contribution in [0.3, 0.4) is 0 Å². The summed E-state index contributed by atoms with van der Waals surface area (Å²) in [6.45, 7) is 15.5. The fourth-order valence-corrected chi connectivity index (χ4v) is 8.33. The first-order valence-electron chi connectivity index (χ1n) is 20.3. The number of pyridine rings is 1. The van der Waals surface area contributed by atoms with E-state index in [2.05, 4.69) is 87.8 Å². The Morgan fingerprint density at radius 1 is 0.906 bits per heavy atom. The quantitative estimate of drug-likeness (QED) is 0.178. The van der Waals surface area contributed by atoms with E-state index >= 15 is 0 Å². The van der Waals surface area contributed by atoms with Crippen molar-refractivity contribution in [2.24, 2.45) is 0 Å². The minimum Gasteiger partial charge on any atom is -0.494 e. The van der Waals surface area contributed by atoms with E-state index in [1.807, 2.05) is 24.4 Å². The molecule has 4 aliphatic rings. The molecule has 0 bridgehead atoms. The number of nitrogens with zero attached hydrogens (tertiary/aromatic N) is 4. The molecule has 0 radical (unpaired) electrons. The molecule has 3 aromatic rings. The summed E-state index contributed by atoms with van der Waals surface area (Å²) in [7, 11) is 0. The number of aromatic nitrogens is 1. The number of likely N-dealkylation sites (tertiary alicyclic amines) is 2. The number of hydrogen-bond acceptors (Lipinski definition) is 9. The molecule has 9 heteroatoms. The topological polar surface area (TPSA) is 94.9 Å². The third-order valence-electron chi connectivity index (χ3n) is 11.9. The highest BCUT2D eigenvalue weighted by molar-refractivity contribution is 5.42. The van der Waals surface area contributed by atoms with E-state index in [4.69, 9.17) is 14.2 Å². The van der Waals surface area contributed by atoms with Gasteiger partial charge in [0, 0.05) is 63.2 Å². The molecule has 0 aliphatic carbocycles. The molecule has 1 aromatic heterocycles. The van der Waals surface area contributed by atoms with Crippen molar-refractivity contribution in [3.05, 3.63) is 84.2 Å². The van der Waals surface area contributed by atoms with Crippen molar-refractivity contribution in [2.75, 3.05) is 77.5 Å². The molecule has 2 aromatic carbocycles. The van der Waals surface area contributed by atoms with Gasteiger partial charge in [-0.2, -0.15) is 5.26 Å². The Morgan fingerprint density at radius 3 is 2.23 bits per heavy atom. The Balaban J connectivity index is 0.000000188. The lowest BCUT2D eigenvalue weighted by atomic mass is 9.74. The Hall–Kier alpha value is -3.68. The fraction of sp³-hybridized carbons (Fsp3) is 0.591. The van der Waals surface area contributed by atoms with Crippen LogP contribution in [0.5, 0.6) is 11.5 Å². The van der Waals surface area contributed by atoms with Gasteiger partial charge in [0.2, 0.25) is 0 Å². The fourth-order valence-electron chi connectivity index (χ4n) is 8.33. The standard InChI is InChI=1S/C25H35N3O2.C19H27N3O/c1-20(2)28-14-9-24(10-15-28)30-23-7-5-21(6-8-23)25(11-16-29-17-12-25)19-27-22-4-3-13-26-18-22;20-16-19(8-10-21-11-9-19)17-4-6-18(7-5-17)23-15-3-14-22-12-1-2-13-22/h3-8,13,18,20,24,27H,9-12,14-17,19H2,1-2H3;4-7,21H,1-3,8-15H2. The molecule has 4 saturated heterocycles. The first kappa shape index (κ1) is 39.0. The molecule has 4 aliphatic heterocycles. The Labute approximate surface area is 318 Å². The van der Waals surface area contributed by atoms with E-state index in [1.54, 1.807) is 6.20 Å². The van der Waals surface area contributed by atoms with E-state index in [0.29, 0.717) is 12.1 Å². The molecule has 7 rings (SSSR count). The highest BCUT2D eigenvalue weighted by atomic mass is 16.5. The maximum Gasteiger partial charge on any atom is 0.119 e. The van der Waals surface area contributed by atoms with E-state index in [1.165, 1.54) is 31.5 Å². The average molecular weight is 723 g/mol. The van der Waals surface area contributed by atoms with E-state index in [-0.39, 0.29) is 10.8 Å². The lowest BCUT2D eigenvalue weighted by Gasteiger charge is -2.38. The van der Waals surface area contributed by atoms with Crippen LogP contribution in [0.4, 0.5) is 5.69 Å². The number of nitriles is 1. The monoisotopic (exact) mass is 722 g/mol. The number of rotatable bonds is 13. The number of anilines is 1. The van der Waals surface area contributed by atoms with Crippen molar-refractivity contribution in [3.8, 4) is 17.6 Å². The number of nitrogens with one attached hydrogen (secondary N) is 2. The second-order valence-electron chi connectivity index (χ2n) is 15.7. The highest BCUT2D eigenvalue weighted by Crippen LogP contribution is 2.37. The third kappa shape index (κ3) is 10.9. The molecule has 2 N–H and O–H groups in total. The van der Waals surface area contributed by atoms with Crippen LogP contribution in [0.25, 0.3) is 0 Å². The Bertz CT molecular complexity index is 1520. The largest absolute Gasteiger partial charge is 0.494 e. The van der Waals surface area contributed by atoms with E-state index < -0.39 is 0 Å². The summed E-state index contributed by atoms with van der Waals surface area (Å²) in [5.41, 5.74) is 3.32. The van der Waals surface area contributed by atoms with Gasteiger partial charge in [0.1, 0.15) is 17.6 Å². The first-order valence-corrected chi connectivity index (χ1v) is 20.3. The van der Waals surface area contributed by atoms with Gasteiger partial charge in [0.05, 0.1) is 23.8 Å². The van der Waals surface area contributed by atoms with Gasteiger partial charge in [0.15, 0.2) is 0 Å². The number of piperidine rings is 2. The number of benzene rings is 2. The molecule has 0 unspecified atom stereocenters. The summed E-state index contributed by atoms with van der Waals surface area (Å²) in [6.07, 6.45) is 13.8. The van der Waals surface area contributed by atoms with Crippen molar-refractivity contribution in [1.82, 2.24) is 20.1 Å². The van der Waals surface area contributed by atoms with Gasteiger partial charge >= 0.3 is 0 Å². The van der Waals surface area contributed by atoms with E-state index in [9.17, 15) is 5.26 Å². The van der Waals surface area contributed by atoms with Crippen LogP contribution in [0, 0.1) is 11.3 Å². The molecule has 0 saturated carbocycles. The molecule has 0 spiro atoms. The van der Waals surface area contributed by atoms with Crippen LogP contribution < -0.4 is 20.1 Å². The molecule has 0 atom stereocenters. The minimum absolute atomic E-state index is 0.0786. The number of hydrogen-bond donors (Lipinski definition) is 2. The van der Waals surface area contributed by atoms with Gasteiger partial charge in [-0.25, -0.2) is 0 Å². The molecule has 9 nitrogen and oxygen atoms in total. The summed E-state index contributed by atoms with van der Waals surface area (Å²) < 4.78 is 17.8. The van der Waals surface area contributed by atoms with Gasteiger partial charge in [-0.15, -0.1) is 0 Å². The average Bonchev–Trinajstić information content (AvgIpc) is 3.75. The van der Waals surface area contributed by atoms with Gasteiger partial charge in [-0.05, 0) is 145 Å². The predicted octanol–water partition coefficient (Wildman–Crippen LogP) is 7.19. The van der Waals surface area contributed by atoms with Crippen LogP contribution >= 0.6 is 0 Å². The van der Waals surface area contributed by atoms with Crippen molar-refractivity contribution in [3.63, 3.8) is 0 Å². The molecular weight excluding hydrogens is 661 g/mol. The zero-order valence-corrected chi connectivity index (χ0v) is 32.2. The first-order chi connectivity index (χ1) is 26.0. The van der Waals surface area contributed by atoms with Gasteiger partial charge < -0.3 is 34.6 Å². The van der Waals surface area contributed by atoms with Crippen LogP contribution in [-0.2, 0) is 15.6 Å². The van der Waals surface area contributed by atoms with Crippen LogP contribution in [0.15, 0.2) is 73.1 Å². The molecule has 286 valence electrons. The normalized spacial score (nSPS) is 20.6. The predicted molar refractivity (Wildman–Crippen MR) is 213 cm³/mol. The molecule has 4 fully saturated rings. The van der Waals surface area contributed by atoms with Crippen molar-refractivity contribution in [1.29, 1.82) is 5.26 Å². The molecular formula is C44H62N6O3. The molecule has 0 amide bonds. The number of ether oxygens (including phenoxy) is 3. The maximum absolute atomic E-state index is 9.63. The molecule has 5 heterocycles. The second-order valence-corrected chi connectivity index (χ2v) is 15.7. The minimum atomic E-state index is -0.320. The second kappa shape index (κ2) is 19.6. The summed E-state index contributed by atoms with van der Waals surface area (Å²) in [6, 6.07) is 24.2. The summed E-state index contributed by atoms with van der Waals surface area (Å²) >= 11 is 0. The lowest BCUT2D eigenvalue weighted by molar-refractivity contribution is 0.0543. The lowest BCUT2D eigenvalue weighted by Crippen LogP contribution is -2.41. The highest BCUT2D eigenvalue weighted by Gasteiger charge is 2.35.